The number of benzene rings is 1. The maximum absolute atomic E-state index is 13.5. The fourth-order valence-electron chi connectivity index (χ4n) is 2.60. The number of carbonyl (C=O) groups excluding carboxylic acids is 2. The predicted octanol–water partition coefficient (Wildman–Crippen LogP) is 1.63. The van der Waals surface area contributed by atoms with Gasteiger partial charge in [-0.05, 0) is 31.2 Å². The highest BCUT2D eigenvalue weighted by atomic mass is 19.1. The van der Waals surface area contributed by atoms with Gasteiger partial charge in [0.15, 0.2) is 17.1 Å². The number of nitrogens with zero attached hydrogens (tertiary/aromatic N) is 1. The molecule has 2 atom stereocenters. The molecule has 1 aliphatic heterocycles. The molecule has 1 aromatic carbocycles. The monoisotopic (exact) mass is 348 g/mol. The zero-order valence-corrected chi connectivity index (χ0v) is 13.4. The second-order valence-electron chi connectivity index (χ2n) is 5.84. The molecule has 25 heavy (non-hydrogen) atoms. The number of aliphatic hydroxyl groups is 1. The number of hydrogen-bond acceptors (Lipinski definition) is 5. The Morgan fingerprint density at radius 3 is 2.76 bits per heavy atom. The molecule has 132 valence electrons. The molecule has 0 spiro atoms. The van der Waals surface area contributed by atoms with E-state index in [1.807, 2.05) is 0 Å². The summed E-state index contributed by atoms with van der Waals surface area (Å²) in [6.45, 7) is 0.971. The van der Waals surface area contributed by atoms with Gasteiger partial charge in [-0.25, -0.2) is 9.18 Å². The van der Waals surface area contributed by atoms with E-state index in [0.717, 1.165) is 4.90 Å². The first-order valence-electron chi connectivity index (χ1n) is 7.65. The lowest BCUT2D eigenvalue weighted by molar-refractivity contribution is -0.132. The van der Waals surface area contributed by atoms with E-state index < -0.39 is 29.4 Å². The molecule has 0 bridgehead atoms. The number of amides is 3. The van der Waals surface area contributed by atoms with Gasteiger partial charge in [-0.15, -0.1) is 0 Å². The van der Waals surface area contributed by atoms with Gasteiger partial charge in [0, 0.05) is 0 Å². The van der Waals surface area contributed by atoms with E-state index in [2.05, 4.69) is 5.32 Å². The molecule has 3 rings (SSSR count). The van der Waals surface area contributed by atoms with Crippen LogP contribution in [0.3, 0.4) is 0 Å². The molecule has 3 amide bonds. The largest absolute Gasteiger partial charge is 0.488 e. The Bertz CT molecular complexity index is 779. The van der Waals surface area contributed by atoms with Gasteiger partial charge in [0.2, 0.25) is 0 Å². The lowest BCUT2D eigenvalue weighted by Crippen LogP contribution is -2.42. The summed E-state index contributed by atoms with van der Waals surface area (Å²) in [5, 5.41) is 12.6. The molecule has 2 aromatic rings. The first-order valence-corrected chi connectivity index (χ1v) is 7.65. The predicted molar refractivity (Wildman–Crippen MR) is 84.2 cm³/mol. The van der Waals surface area contributed by atoms with Crippen molar-refractivity contribution in [2.24, 2.45) is 0 Å². The van der Waals surface area contributed by atoms with Crippen LogP contribution in [0.1, 0.15) is 12.7 Å². The van der Waals surface area contributed by atoms with Crippen LogP contribution >= 0.6 is 0 Å². The molecule has 8 heteroatoms. The first-order chi connectivity index (χ1) is 11.9. The average Bonchev–Trinajstić information content (AvgIpc) is 3.19. The van der Waals surface area contributed by atoms with E-state index in [-0.39, 0.29) is 18.9 Å². The summed E-state index contributed by atoms with van der Waals surface area (Å²) in [5.41, 5.74) is -1.33. The van der Waals surface area contributed by atoms with Crippen molar-refractivity contribution in [1.82, 2.24) is 10.2 Å². The van der Waals surface area contributed by atoms with Crippen LogP contribution in [0.5, 0.6) is 5.75 Å². The minimum Gasteiger partial charge on any atom is -0.488 e. The molecule has 1 saturated heterocycles. The Balaban J connectivity index is 1.63. The van der Waals surface area contributed by atoms with E-state index >= 15 is 0 Å². The molecule has 0 radical (unpaired) electrons. The number of aliphatic hydroxyl groups excluding tert-OH is 1. The minimum absolute atomic E-state index is 0.0147. The molecule has 0 saturated carbocycles. The number of β-amino-alcohol motifs (C(OH)–C–C–N with tert-alkyl or cyclic N) is 1. The standard InChI is InChI=1S/C17H17FN2O5/c1-17(14-7-4-8-24-14)15(22)20(16(23)19-17)9-11(21)10-25-13-6-3-2-5-12(13)18/h2-8,11,21H,9-10H2,1H3,(H,19,23)/t11-,17-/m1/s1. The lowest BCUT2D eigenvalue weighted by Gasteiger charge is -2.20. The van der Waals surface area contributed by atoms with Gasteiger partial charge in [-0.3, -0.25) is 9.69 Å². The zero-order valence-electron chi connectivity index (χ0n) is 13.4. The highest BCUT2D eigenvalue weighted by Gasteiger charge is 2.51. The van der Waals surface area contributed by atoms with Gasteiger partial charge < -0.3 is 19.6 Å². The highest BCUT2D eigenvalue weighted by Crippen LogP contribution is 2.29. The molecule has 0 aliphatic carbocycles. The zero-order chi connectivity index (χ0) is 18.0. The summed E-state index contributed by atoms with van der Waals surface area (Å²) >= 11 is 0. The number of rotatable bonds is 6. The minimum atomic E-state index is -1.33. The third kappa shape index (κ3) is 3.20. The number of carbonyl (C=O) groups is 2. The van der Waals surface area contributed by atoms with Gasteiger partial charge in [0.25, 0.3) is 5.91 Å². The molecule has 2 heterocycles. The lowest BCUT2D eigenvalue weighted by atomic mass is 9.99. The fourth-order valence-corrected chi connectivity index (χ4v) is 2.60. The van der Waals surface area contributed by atoms with Gasteiger partial charge >= 0.3 is 6.03 Å². The molecule has 2 N–H and O–H groups in total. The summed E-state index contributed by atoms with van der Waals surface area (Å²) in [4.78, 5) is 25.6. The number of hydrogen-bond donors (Lipinski definition) is 2. The summed E-state index contributed by atoms with van der Waals surface area (Å²) < 4.78 is 23.9. The van der Waals surface area contributed by atoms with E-state index in [0.29, 0.717) is 5.76 Å². The molecule has 0 unspecified atom stereocenters. The van der Waals surface area contributed by atoms with Crippen molar-refractivity contribution in [3.8, 4) is 5.75 Å². The second kappa shape index (κ2) is 6.56. The normalized spacial score (nSPS) is 21.3. The van der Waals surface area contributed by atoms with Crippen LogP contribution in [-0.2, 0) is 10.3 Å². The maximum atomic E-state index is 13.5. The van der Waals surface area contributed by atoms with Crippen LogP contribution in [0.25, 0.3) is 0 Å². The number of nitrogens with one attached hydrogen (secondary N) is 1. The van der Waals surface area contributed by atoms with Crippen molar-refractivity contribution < 1.29 is 28.2 Å². The Kier molecular flexibility index (Phi) is 4.45. The Hall–Kier alpha value is -2.87. The van der Waals surface area contributed by atoms with E-state index in [4.69, 9.17) is 9.15 Å². The Morgan fingerprint density at radius 2 is 2.08 bits per heavy atom. The summed E-state index contributed by atoms with van der Waals surface area (Å²) in [6.07, 6.45) is 0.230. The summed E-state index contributed by atoms with van der Waals surface area (Å²) in [6, 6.07) is 8.31. The van der Waals surface area contributed by atoms with Gasteiger partial charge in [0.1, 0.15) is 18.5 Å². The summed E-state index contributed by atoms with van der Waals surface area (Å²) in [5.74, 6) is -0.822. The average molecular weight is 348 g/mol. The van der Waals surface area contributed by atoms with Crippen molar-refractivity contribution in [1.29, 1.82) is 0 Å². The van der Waals surface area contributed by atoms with Gasteiger partial charge in [-0.2, -0.15) is 0 Å². The third-order valence-corrected chi connectivity index (χ3v) is 3.95. The molecular weight excluding hydrogens is 331 g/mol. The number of urea groups is 1. The van der Waals surface area contributed by atoms with Crippen molar-refractivity contribution in [3.05, 3.63) is 54.2 Å². The summed E-state index contributed by atoms with van der Waals surface area (Å²) in [7, 11) is 0. The van der Waals surface area contributed by atoms with Gasteiger partial charge in [-0.1, -0.05) is 12.1 Å². The molecule has 1 aromatic heterocycles. The van der Waals surface area contributed by atoms with Crippen molar-refractivity contribution >= 4 is 11.9 Å². The van der Waals surface area contributed by atoms with Crippen LogP contribution in [0, 0.1) is 5.82 Å². The fraction of sp³-hybridized carbons (Fsp3) is 0.294. The van der Waals surface area contributed by atoms with E-state index in [1.165, 1.54) is 31.4 Å². The van der Waals surface area contributed by atoms with Crippen LogP contribution < -0.4 is 10.1 Å². The quantitative estimate of drug-likeness (QED) is 0.774. The number of para-hydroxylation sites is 1. The third-order valence-electron chi connectivity index (χ3n) is 3.95. The van der Waals surface area contributed by atoms with Crippen molar-refractivity contribution in [2.75, 3.05) is 13.2 Å². The topological polar surface area (TPSA) is 92.0 Å². The number of furan rings is 1. The Morgan fingerprint density at radius 1 is 1.32 bits per heavy atom. The van der Waals surface area contributed by atoms with Crippen LogP contribution in [-0.4, -0.2) is 41.2 Å². The number of imide groups is 1. The van der Waals surface area contributed by atoms with Crippen LogP contribution in [0.2, 0.25) is 0 Å². The molecular formula is C17H17FN2O5. The highest BCUT2D eigenvalue weighted by molar-refractivity contribution is 6.06. The van der Waals surface area contributed by atoms with Gasteiger partial charge in [0.05, 0.1) is 12.8 Å². The number of halogens is 1. The van der Waals surface area contributed by atoms with E-state index in [9.17, 15) is 19.1 Å². The second-order valence-corrected chi connectivity index (χ2v) is 5.84. The van der Waals surface area contributed by atoms with Crippen LogP contribution in [0.15, 0.2) is 47.1 Å². The van der Waals surface area contributed by atoms with Crippen molar-refractivity contribution in [3.63, 3.8) is 0 Å². The Labute approximate surface area is 143 Å². The molecule has 1 aliphatic rings. The van der Waals surface area contributed by atoms with Crippen LogP contribution in [0.4, 0.5) is 9.18 Å². The molecule has 1 fully saturated rings. The molecule has 7 nitrogen and oxygen atoms in total. The SMILES string of the molecule is C[C@]1(c2ccco2)NC(=O)N(C[C@@H](O)COc2ccccc2F)C1=O. The van der Waals surface area contributed by atoms with E-state index in [1.54, 1.807) is 18.2 Å². The maximum Gasteiger partial charge on any atom is 0.325 e. The number of ether oxygens (including phenoxy) is 1. The smallest absolute Gasteiger partial charge is 0.325 e. The first kappa shape index (κ1) is 17.0. The van der Waals surface area contributed by atoms with Crippen molar-refractivity contribution in [2.45, 2.75) is 18.6 Å².